The normalized spacial score (nSPS) is 30.0. The molecule has 1 aliphatic carbocycles. The first kappa shape index (κ1) is 14.6. The SMILES string of the molecule is Cc1ccccc1[C@@H]1C[C@@H]1C(=O)N1CCC[C@@H]([C@H](C)N)C1. The van der Waals surface area contributed by atoms with Crippen LogP contribution in [-0.2, 0) is 4.79 Å². The van der Waals surface area contributed by atoms with E-state index < -0.39 is 0 Å². The number of hydrogen-bond acceptors (Lipinski definition) is 2. The third kappa shape index (κ3) is 2.98. The molecule has 0 aromatic heterocycles. The van der Waals surface area contributed by atoms with Crippen LogP contribution in [0.25, 0.3) is 0 Å². The van der Waals surface area contributed by atoms with Crippen LogP contribution in [0, 0.1) is 18.8 Å². The van der Waals surface area contributed by atoms with Gasteiger partial charge in [-0.25, -0.2) is 0 Å². The van der Waals surface area contributed by atoms with Crippen molar-refractivity contribution in [2.75, 3.05) is 13.1 Å². The first-order chi connectivity index (χ1) is 10.1. The maximum absolute atomic E-state index is 12.7. The van der Waals surface area contributed by atoms with Crippen LogP contribution in [-0.4, -0.2) is 29.9 Å². The molecule has 1 aromatic carbocycles. The Labute approximate surface area is 127 Å². The fourth-order valence-electron chi connectivity index (χ4n) is 3.69. The van der Waals surface area contributed by atoms with Crippen LogP contribution in [0.5, 0.6) is 0 Å². The molecule has 1 saturated heterocycles. The Morgan fingerprint density at radius 2 is 2.14 bits per heavy atom. The summed E-state index contributed by atoms with van der Waals surface area (Å²) in [6.45, 7) is 5.97. The van der Waals surface area contributed by atoms with Crippen LogP contribution >= 0.6 is 0 Å². The molecule has 0 unspecified atom stereocenters. The van der Waals surface area contributed by atoms with Crippen molar-refractivity contribution in [1.29, 1.82) is 0 Å². The quantitative estimate of drug-likeness (QED) is 0.928. The third-order valence-electron chi connectivity index (χ3n) is 5.21. The van der Waals surface area contributed by atoms with Gasteiger partial charge in [0.2, 0.25) is 5.91 Å². The predicted octanol–water partition coefficient (Wildman–Crippen LogP) is 2.68. The Hall–Kier alpha value is -1.35. The number of aryl methyl sites for hydroxylation is 1. The molecule has 3 nitrogen and oxygen atoms in total. The molecule has 0 radical (unpaired) electrons. The van der Waals surface area contributed by atoms with E-state index >= 15 is 0 Å². The average Bonchev–Trinajstić information content (AvgIpc) is 3.27. The minimum absolute atomic E-state index is 0.187. The Bertz CT molecular complexity index is 526. The lowest BCUT2D eigenvalue weighted by Gasteiger charge is -2.35. The number of carbonyl (C=O) groups is 1. The van der Waals surface area contributed by atoms with Gasteiger partial charge in [-0.05, 0) is 56.1 Å². The Balaban J connectivity index is 1.64. The van der Waals surface area contributed by atoms with E-state index in [2.05, 4.69) is 43.0 Å². The Morgan fingerprint density at radius 3 is 2.86 bits per heavy atom. The van der Waals surface area contributed by atoms with Crippen molar-refractivity contribution in [3.63, 3.8) is 0 Å². The molecule has 114 valence electrons. The second kappa shape index (κ2) is 5.80. The van der Waals surface area contributed by atoms with Gasteiger partial charge < -0.3 is 10.6 Å². The van der Waals surface area contributed by atoms with Gasteiger partial charge in [-0.15, -0.1) is 0 Å². The van der Waals surface area contributed by atoms with Crippen LogP contribution < -0.4 is 5.73 Å². The van der Waals surface area contributed by atoms with Gasteiger partial charge in [0.15, 0.2) is 0 Å². The van der Waals surface area contributed by atoms with Crippen molar-refractivity contribution >= 4 is 5.91 Å². The van der Waals surface area contributed by atoms with E-state index in [1.807, 2.05) is 0 Å². The van der Waals surface area contributed by atoms with E-state index in [9.17, 15) is 4.79 Å². The van der Waals surface area contributed by atoms with E-state index in [1.54, 1.807) is 0 Å². The van der Waals surface area contributed by atoms with Crippen molar-refractivity contribution < 1.29 is 4.79 Å². The molecule has 4 atom stereocenters. The van der Waals surface area contributed by atoms with Crippen molar-refractivity contribution in [3.8, 4) is 0 Å². The van der Waals surface area contributed by atoms with Crippen molar-refractivity contribution in [1.82, 2.24) is 4.90 Å². The smallest absolute Gasteiger partial charge is 0.226 e. The highest BCUT2D eigenvalue weighted by molar-refractivity contribution is 5.83. The van der Waals surface area contributed by atoms with Crippen LogP contribution in [0.4, 0.5) is 0 Å². The molecule has 3 rings (SSSR count). The molecule has 0 bridgehead atoms. The number of rotatable bonds is 3. The highest BCUT2D eigenvalue weighted by atomic mass is 16.2. The van der Waals surface area contributed by atoms with Gasteiger partial charge in [-0.3, -0.25) is 4.79 Å². The number of nitrogens with two attached hydrogens (primary N) is 1. The fourth-order valence-corrected chi connectivity index (χ4v) is 3.69. The third-order valence-corrected chi connectivity index (χ3v) is 5.21. The molecular weight excluding hydrogens is 260 g/mol. The summed E-state index contributed by atoms with van der Waals surface area (Å²) in [5, 5.41) is 0. The molecule has 21 heavy (non-hydrogen) atoms. The number of hydrogen-bond donors (Lipinski definition) is 1. The lowest BCUT2D eigenvalue weighted by atomic mass is 9.92. The minimum Gasteiger partial charge on any atom is -0.342 e. The molecule has 2 N–H and O–H groups in total. The molecule has 3 heteroatoms. The average molecular weight is 286 g/mol. The Kier molecular flexibility index (Phi) is 4.03. The van der Waals surface area contributed by atoms with Crippen LogP contribution in [0.15, 0.2) is 24.3 Å². The van der Waals surface area contributed by atoms with Crippen molar-refractivity contribution in [2.24, 2.45) is 17.6 Å². The highest BCUT2D eigenvalue weighted by Gasteiger charge is 2.46. The molecule has 1 saturated carbocycles. The van der Waals surface area contributed by atoms with Crippen molar-refractivity contribution in [2.45, 2.75) is 45.1 Å². The van der Waals surface area contributed by atoms with Gasteiger partial charge in [0.05, 0.1) is 0 Å². The minimum atomic E-state index is 0.187. The fraction of sp³-hybridized carbons (Fsp3) is 0.611. The molecule has 2 aliphatic rings. The highest BCUT2D eigenvalue weighted by Crippen LogP contribution is 2.49. The van der Waals surface area contributed by atoms with Gasteiger partial charge in [0.1, 0.15) is 0 Å². The largest absolute Gasteiger partial charge is 0.342 e. The van der Waals surface area contributed by atoms with Gasteiger partial charge in [0, 0.05) is 25.0 Å². The lowest BCUT2D eigenvalue weighted by molar-refractivity contribution is -0.134. The van der Waals surface area contributed by atoms with E-state index in [0.29, 0.717) is 17.7 Å². The van der Waals surface area contributed by atoms with E-state index in [0.717, 1.165) is 32.4 Å². The van der Waals surface area contributed by atoms with Crippen LogP contribution in [0.1, 0.15) is 43.2 Å². The summed E-state index contributed by atoms with van der Waals surface area (Å²) in [6, 6.07) is 8.65. The van der Waals surface area contributed by atoms with E-state index in [-0.39, 0.29) is 12.0 Å². The first-order valence-electron chi connectivity index (χ1n) is 8.18. The zero-order valence-corrected chi connectivity index (χ0v) is 13.1. The monoisotopic (exact) mass is 286 g/mol. The topological polar surface area (TPSA) is 46.3 Å². The van der Waals surface area contributed by atoms with Crippen molar-refractivity contribution in [3.05, 3.63) is 35.4 Å². The summed E-state index contributed by atoms with van der Waals surface area (Å²) < 4.78 is 0. The zero-order valence-electron chi connectivity index (χ0n) is 13.1. The molecular formula is C18H26N2O. The van der Waals surface area contributed by atoms with Gasteiger partial charge >= 0.3 is 0 Å². The number of carbonyl (C=O) groups excluding carboxylic acids is 1. The first-order valence-corrected chi connectivity index (χ1v) is 8.18. The standard InChI is InChI=1S/C18H26N2O/c1-12-6-3-4-8-15(12)16-10-17(16)18(21)20-9-5-7-14(11-20)13(2)19/h3-4,6,8,13-14,16-17H,5,7,9-11,19H2,1-2H3/t13-,14+,16-,17-/m0/s1. The van der Waals surface area contributed by atoms with E-state index in [1.165, 1.54) is 11.1 Å². The maximum atomic E-state index is 12.7. The van der Waals surface area contributed by atoms with E-state index in [4.69, 9.17) is 5.73 Å². The number of nitrogens with zero attached hydrogens (tertiary/aromatic N) is 1. The Morgan fingerprint density at radius 1 is 1.38 bits per heavy atom. The summed E-state index contributed by atoms with van der Waals surface area (Å²) >= 11 is 0. The molecule has 0 spiro atoms. The predicted molar refractivity (Wildman–Crippen MR) is 85.0 cm³/mol. The lowest BCUT2D eigenvalue weighted by Crippen LogP contribution is -2.45. The molecule has 1 amide bonds. The number of likely N-dealkylation sites (tertiary alicyclic amines) is 1. The maximum Gasteiger partial charge on any atom is 0.226 e. The summed E-state index contributed by atoms with van der Waals surface area (Å²) in [5.74, 6) is 1.47. The molecule has 1 heterocycles. The number of piperidine rings is 1. The van der Waals surface area contributed by atoms with Gasteiger partial charge in [-0.1, -0.05) is 24.3 Å². The zero-order chi connectivity index (χ0) is 15.0. The van der Waals surface area contributed by atoms with Crippen LogP contribution in [0.3, 0.4) is 0 Å². The van der Waals surface area contributed by atoms with Gasteiger partial charge in [-0.2, -0.15) is 0 Å². The second-order valence-electron chi connectivity index (χ2n) is 6.85. The summed E-state index contributed by atoms with van der Waals surface area (Å²) in [4.78, 5) is 14.8. The molecule has 2 fully saturated rings. The molecule has 1 aliphatic heterocycles. The summed E-state index contributed by atoms with van der Waals surface area (Å²) in [5.41, 5.74) is 8.69. The number of benzene rings is 1. The summed E-state index contributed by atoms with van der Waals surface area (Å²) in [6.07, 6.45) is 3.27. The van der Waals surface area contributed by atoms with Gasteiger partial charge in [0.25, 0.3) is 0 Å². The number of amides is 1. The molecule has 1 aromatic rings. The second-order valence-corrected chi connectivity index (χ2v) is 6.85. The van der Waals surface area contributed by atoms with Crippen LogP contribution in [0.2, 0.25) is 0 Å². The summed E-state index contributed by atoms with van der Waals surface area (Å²) in [7, 11) is 0.